The lowest BCUT2D eigenvalue weighted by Crippen LogP contribution is -2.40. The van der Waals surface area contributed by atoms with Crippen molar-refractivity contribution < 1.29 is 28.6 Å². The van der Waals surface area contributed by atoms with E-state index in [0.29, 0.717) is 49.5 Å². The third kappa shape index (κ3) is 6.47. The van der Waals surface area contributed by atoms with Crippen LogP contribution in [0.5, 0.6) is 0 Å². The lowest BCUT2D eigenvalue weighted by molar-refractivity contribution is 0.0581. The van der Waals surface area contributed by atoms with Gasteiger partial charge in [-0.3, -0.25) is 5.32 Å². The van der Waals surface area contributed by atoms with E-state index in [1.54, 1.807) is 43.7 Å². The zero-order valence-corrected chi connectivity index (χ0v) is 29.1. The number of furan rings is 1. The van der Waals surface area contributed by atoms with Gasteiger partial charge in [0, 0.05) is 34.7 Å². The second kappa shape index (κ2) is 12.3. The number of ether oxygens (including phenoxy) is 1. The average molecular weight is 691 g/mol. The van der Waals surface area contributed by atoms with E-state index in [2.05, 4.69) is 41.4 Å². The predicted molar refractivity (Wildman–Crippen MR) is 193 cm³/mol. The summed E-state index contributed by atoms with van der Waals surface area (Å²) >= 11 is 0. The fourth-order valence-electron chi connectivity index (χ4n) is 5.90. The molecule has 1 aliphatic rings. The van der Waals surface area contributed by atoms with Gasteiger partial charge in [-0.2, -0.15) is 10.00 Å². The molecule has 0 spiro atoms. The molecule has 1 saturated carbocycles. The number of carbonyl (C=O) groups excluding carboxylic acids is 2. The molecule has 4 amide bonds. The summed E-state index contributed by atoms with van der Waals surface area (Å²) in [4.78, 5) is 48.6. The second-order valence-corrected chi connectivity index (χ2v) is 14.5. The van der Waals surface area contributed by atoms with Gasteiger partial charge in [0.1, 0.15) is 23.4 Å². The van der Waals surface area contributed by atoms with E-state index in [1.807, 2.05) is 47.2 Å². The van der Waals surface area contributed by atoms with Crippen molar-refractivity contribution in [3.63, 3.8) is 0 Å². The summed E-state index contributed by atoms with van der Waals surface area (Å²) in [6, 6.07) is 16.3. The SMILES string of the molecule is CC(C)(C)OC(=O)N(C(=O)O)c1ncnc2c1c(-c1ccc(NC(=O)Nc3cc(C(C)(C)C)nn3-c3ccccc3)c3occc13)cn2C1CC1. The van der Waals surface area contributed by atoms with Crippen LogP contribution in [0.25, 0.3) is 38.8 Å². The van der Waals surface area contributed by atoms with Gasteiger partial charge in [-0.1, -0.05) is 45.0 Å². The van der Waals surface area contributed by atoms with Gasteiger partial charge in [-0.15, -0.1) is 0 Å². The molecule has 14 heteroatoms. The van der Waals surface area contributed by atoms with Crippen LogP contribution >= 0.6 is 0 Å². The average Bonchev–Trinajstić information content (AvgIpc) is 3.43. The minimum Gasteiger partial charge on any atom is -0.464 e. The topological polar surface area (TPSA) is 170 Å². The largest absolute Gasteiger partial charge is 0.464 e. The first-order valence-corrected chi connectivity index (χ1v) is 16.6. The molecule has 51 heavy (non-hydrogen) atoms. The lowest BCUT2D eigenvalue weighted by atomic mass is 9.92. The Kier molecular flexibility index (Phi) is 8.04. The van der Waals surface area contributed by atoms with Crippen molar-refractivity contribution in [3.05, 3.63) is 79.1 Å². The highest BCUT2D eigenvalue weighted by Gasteiger charge is 2.35. The van der Waals surface area contributed by atoms with E-state index in [9.17, 15) is 19.5 Å². The number of benzene rings is 2. The standard InChI is InChI=1S/C37H38N8O6/c1-36(2,3)27-18-28(45(42-27)22-10-8-7-9-11-22)41-33(46)40-26-15-14-23(24-16-17-50-30(24)26)25-19-43(21-12-13-21)31-29(25)32(39-20-38-31)44(34(47)48)35(49)51-37(4,5)6/h7-11,14-21H,12-13H2,1-6H3,(H,47,48)(H2,40,41,46). The first kappa shape index (κ1) is 33.3. The molecule has 1 aliphatic carbocycles. The molecule has 262 valence electrons. The van der Waals surface area contributed by atoms with Gasteiger partial charge in [0.05, 0.1) is 28.7 Å². The Morgan fingerprint density at radius 3 is 2.37 bits per heavy atom. The predicted octanol–water partition coefficient (Wildman–Crippen LogP) is 8.73. The van der Waals surface area contributed by atoms with Crippen LogP contribution in [-0.2, 0) is 10.2 Å². The molecule has 4 aromatic heterocycles. The van der Waals surface area contributed by atoms with Gasteiger partial charge in [0.15, 0.2) is 11.4 Å². The van der Waals surface area contributed by atoms with Crippen LogP contribution in [0, 0.1) is 0 Å². The van der Waals surface area contributed by atoms with Crippen LogP contribution < -0.4 is 15.5 Å². The zero-order chi connectivity index (χ0) is 36.2. The van der Waals surface area contributed by atoms with E-state index in [4.69, 9.17) is 14.3 Å². The molecule has 2 aromatic carbocycles. The maximum atomic E-state index is 13.5. The van der Waals surface area contributed by atoms with Crippen molar-refractivity contribution in [2.45, 2.75) is 71.4 Å². The Balaban J connectivity index is 1.27. The summed E-state index contributed by atoms with van der Waals surface area (Å²) in [6.45, 7) is 11.1. The number of carbonyl (C=O) groups is 3. The molecule has 0 unspecified atom stereocenters. The molecular weight excluding hydrogens is 652 g/mol. The number of para-hydroxylation sites is 1. The molecule has 0 radical (unpaired) electrons. The number of aromatic nitrogens is 5. The molecule has 0 saturated heterocycles. The van der Waals surface area contributed by atoms with Crippen LogP contribution in [0.4, 0.5) is 31.7 Å². The third-order valence-electron chi connectivity index (χ3n) is 8.38. The summed E-state index contributed by atoms with van der Waals surface area (Å²) in [5.41, 5.74) is 2.92. The van der Waals surface area contributed by atoms with Crippen LogP contribution in [0.1, 0.15) is 66.1 Å². The Hall–Kier alpha value is -6.18. The first-order chi connectivity index (χ1) is 24.2. The summed E-state index contributed by atoms with van der Waals surface area (Å²) < 4.78 is 15.0. The van der Waals surface area contributed by atoms with Crippen molar-refractivity contribution in [2.24, 2.45) is 0 Å². The van der Waals surface area contributed by atoms with Crippen LogP contribution in [0.2, 0.25) is 0 Å². The van der Waals surface area contributed by atoms with E-state index in [-0.39, 0.29) is 17.3 Å². The molecule has 3 N–H and O–H groups in total. The Labute approximate surface area is 293 Å². The Morgan fingerprint density at radius 1 is 0.961 bits per heavy atom. The van der Waals surface area contributed by atoms with Gasteiger partial charge in [0.25, 0.3) is 0 Å². The molecule has 0 bridgehead atoms. The van der Waals surface area contributed by atoms with E-state index in [0.717, 1.165) is 24.2 Å². The monoisotopic (exact) mass is 690 g/mol. The van der Waals surface area contributed by atoms with Crippen molar-refractivity contribution >= 4 is 57.5 Å². The summed E-state index contributed by atoms with van der Waals surface area (Å²) in [5, 5.41) is 21.9. The maximum absolute atomic E-state index is 13.5. The lowest BCUT2D eigenvalue weighted by Gasteiger charge is -2.24. The summed E-state index contributed by atoms with van der Waals surface area (Å²) in [6.07, 6.45) is 3.88. The maximum Gasteiger partial charge on any atom is 0.425 e. The van der Waals surface area contributed by atoms with E-state index < -0.39 is 23.8 Å². The smallest absolute Gasteiger partial charge is 0.425 e. The van der Waals surface area contributed by atoms with Crippen LogP contribution in [0.3, 0.4) is 0 Å². The van der Waals surface area contributed by atoms with Gasteiger partial charge >= 0.3 is 18.2 Å². The van der Waals surface area contributed by atoms with Gasteiger partial charge in [-0.05, 0) is 63.4 Å². The number of urea groups is 1. The Morgan fingerprint density at radius 2 is 1.71 bits per heavy atom. The summed E-state index contributed by atoms with van der Waals surface area (Å²) in [5.74, 6) is 0.364. The molecule has 7 rings (SSSR count). The van der Waals surface area contributed by atoms with Crippen LogP contribution in [0.15, 0.2) is 77.8 Å². The number of nitrogens with one attached hydrogen (secondary N) is 2. The van der Waals surface area contributed by atoms with Crippen molar-refractivity contribution in [2.75, 3.05) is 15.5 Å². The second-order valence-electron chi connectivity index (χ2n) is 14.5. The highest BCUT2D eigenvalue weighted by molar-refractivity contribution is 6.17. The van der Waals surface area contributed by atoms with Gasteiger partial charge < -0.3 is 24.1 Å². The zero-order valence-electron chi connectivity index (χ0n) is 29.1. The quantitative estimate of drug-likeness (QED) is 0.155. The number of hydrogen-bond donors (Lipinski definition) is 3. The molecular formula is C37H38N8O6. The fourth-order valence-corrected chi connectivity index (χ4v) is 5.90. The van der Waals surface area contributed by atoms with Crippen molar-refractivity contribution in [1.82, 2.24) is 24.3 Å². The number of rotatable bonds is 6. The fraction of sp³-hybridized carbons (Fsp3) is 0.297. The highest BCUT2D eigenvalue weighted by atomic mass is 16.6. The van der Waals surface area contributed by atoms with E-state index in [1.165, 1.54) is 12.6 Å². The number of nitrogens with zero attached hydrogens (tertiary/aromatic N) is 6. The minimum atomic E-state index is -1.54. The Bertz CT molecular complexity index is 2300. The number of hydrogen-bond acceptors (Lipinski definition) is 8. The number of amides is 4. The molecule has 6 aromatic rings. The normalized spacial score (nSPS) is 13.4. The molecule has 0 atom stereocenters. The summed E-state index contributed by atoms with van der Waals surface area (Å²) in [7, 11) is 0. The van der Waals surface area contributed by atoms with Crippen molar-refractivity contribution in [1.29, 1.82) is 0 Å². The third-order valence-corrected chi connectivity index (χ3v) is 8.38. The number of anilines is 3. The van der Waals surface area contributed by atoms with Gasteiger partial charge in [0.2, 0.25) is 0 Å². The van der Waals surface area contributed by atoms with Crippen molar-refractivity contribution in [3.8, 4) is 16.8 Å². The molecule has 14 nitrogen and oxygen atoms in total. The number of fused-ring (bicyclic) bond motifs is 2. The van der Waals surface area contributed by atoms with E-state index >= 15 is 0 Å². The number of carboxylic acid groups (broad SMARTS) is 1. The minimum absolute atomic E-state index is 0.126. The molecule has 0 aliphatic heterocycles. The first-order valence-electron chi connectivity index (χ1n) is 16.6. The van der Waals surface area contributed by atoms with Gasteiger partial charge in [-0.25, -0.2) is 29.0 Å². The molecule has 1 fully saturated rings. The van der Waals surface area contributed by atoms with Crippen LogP contribution in [-0.4, -0.2) is 53.2 Å². The highest BCUT2D eigenvalue weighted by Crippen LogP contribution is 2.45. The molecule has 4 heterocycles. The number of imide groups is 1.